The zero-order chi connectivity index (χ0) is 43.4. The number of aliphatic hydroxyl groups is 1. The van der Waals surface area contributed by atoms with Crippen LogP contribution in [0.3, 0.4) is 0 Å². The third-order valence-corrected chi connectivity index (χ3v) is 13.3. The van der Waals surface area contributed by atoms with E-state index in [0.29, 0.717) is 31.0 Å². The lowest BCUT2D eigenvalue weighted by Crippen LogP contribution is -2.69. The minimum Gasteiger partial charge on any atom is -0.460 e. The van der Waals surface area contributed by atoms with E-state index >= 15 is 0 Å². The molecule has 14 heteroatoms. The van der Waals surface area contributed by atoms with Crippen molar-refractivity contribution in [3.8, 4) is 0 Å². The number of aliphatic hydroxyl groups excluding tert-OH is 1. The van der Waals surface area contributed by atoms with Crippen LogP contribution in [0, 0.1) is 11.3 Å². The van der Waals surface area contributed by atoms with Crippen LogP contribution in [-0.4, -0.2) is 107 Å². The number of hydrogen-bond acceptors (Lipinski definition) is 12. The van der Waals surface area contributed by atoms with Crippen molar-refractivity contribution in [1.29, 1.82) is 0 Å². The highest BCUT2D eigenvalue weighted by Gasteiger charge is 2.76. The molecule has 2 saturated carbocycles. The molecule has 6 aliphatic rings. The highest BCUT2D eigenvalue weighted by molar-refractivity contribution is 5.94. The molecule has 10 unspecified atom stereocenters. The fourth-order valence-corrected chi connectivity index (χ4v) is 10.1. The van der Waals surface area contributed by atoms with E-state index in [2.05, 4.69) is 48.8 Å². The summed E-state index contributed by atoms with van der Waals surface area (Å²) in [5.41, 5.74) is -0.0325. The van der Waals surface area contributed by atoms with Crippen LogP contribution < -0.4 is 10.6 Å². The Morgan fingerprint density at radius 1 is 0.967 bits per heavy atom. The van der Waals surface area contributed by atoms with Gasteiger partial charge in [0.05, 0.1) is 31.4 Å². The molecule has 6 fully saturated rings. The summed E-state index contributed by atoms with van der Waals surface area (Å²) in [5.74, 6) is -2.14. The number of allylic oxidation sites excluding steroid dienone is 1. The van der Waals surface area contributed by atoms with Gasteiger partial charge >= 0.3 is 11.9 Å². The number of nitrogens with one attached hydrogen (secondary N) is 2. The maximum absolute atomic E-state index is 14.8. The van der Waals surface area contributed by atoms with Crippen LogP contribution in [-0.2, 0) is 54.2 Å². The summed E-state index contributed by atoms with van der Waals surface area (Å²) >= 11 is 0. The maximum Gasteiger partial charge on any atom is 0.327 e. The van der Waals surface area contributed by atoms with Crippen LogP contribution in [0.2, 0.25) is 0 Å². The van der Waals surface area contributed by atoms with Crippen LogP contribution in [0.15, 0.2) is 30.3 Å². The minimum atomic E-state index is -1.38. The third kappa shape index (κ3) is 10.7. The van der Waals surface area contributed by atoms with Gasteiger partial charge in [-0.25, -0.2) is 0 Å². The first-order valence-corrected chi connectivity index (χ1v) is 23.1. The highest BCUT2D eigenvalue weighted by atomic mass is 16.8. The first kappa shape index (κ1) is 45.6. The van der Waals surface area contributed by atoms with Gasteiger partial charge in [-0.2, -0.15) is 5.06 Å². The van der Waals surface area contributed by atoms with Gasteiger partial charge in [0.1, 0.15) is 35.4 Å². The SMILES string of the molecule is CCCCCC1(CCCCC)OC2C3CC4(C(=O)NCCC(=O)NC(CO)CCC(=O)OC(C)(C)C)C(ON(Cc5ccc(C=CC6CCC7OC7C6)cc5)C4C(=O)O3)C2O1. The van der Waals surface area contributed by atoms with Crippen molar-refractivity contribution >= 4 is 29.8 Å². The lowest BCUT2D eigenvalue weighted by molar-refractivity contribution is -0.224. The van der Waals surface area contributed by atoms with Gasteiger partial charge in [-0.3, -0.25) is 24.0 Å². The first-order valence-electron chi connectivity index (χ1n) is 23.1. The van der Waals surface area contributed by atoms with Crippen molar-refractivity contribution in [2.45, 2.75) is 198 Å². The van der Waals surface area contributed by atoms with Crippen molar-refractivity contribution in [3.63, 3.8) is 0 Å². The van der Waals surface area contributed by atoms with Crippen molar-refractivity contribution < 1.29 is 52.8 Å². The van der Waals surface area contributed by atoms with Crippen molar-refractivity contribution in [2.24, 2.45) is 11.3 Å². The normalized spacial score (nSPS) is 31.5. The number of ether oxygens (including phenoxy) is 5. The van der Waals surface area contributed by atoms with Gasteiger partial charge in [-0.1, -0.05) is 75.9 Å². The average molecular weight is 852 g/mol. The molecule has 0 spiro atoms. The summed E-state index contributed by atoms with van der Waals surface area (Å²) in [6, 6.07) is 6.43. The smallest absolute Gasteiger partial charge is 0.327 e. The lowest BCUT2D eigenvalue weighted by atomic mass is 9.62. The second-order valence-corrected chi connectivity index (χ2v) is 19.2. The highest BCUT2D eigenvalue weighted by Crippen LogP contribution is 2.58. The number of hydroxylamine groups is 2. The molecule has 1 aromatic carbocycles. The van der Waals surface area contributed by atoms with E-state index < -0.39 is 77.1 Å². The number of carbonyl (C=O) groups excluding carboxylic acids is 4. The molecule has 4 aliphatic heterocycles. The fourth-order valence-electron chi connectivity index (χ4n) is 10.1. The fraction of sp³-hybridized carbons (Fsp3) is 0.745. The number of epoxide rings is 1. The Bertz CT molecular complexity index is 1720. The predicted octanol–water partition coefficient (Wildman–Crippen LogP) is 5.81. The topological polar surface area (TPSA) is 174 Å². The van der Waals surface area contributed by atoms with Crippen LogP contribution in [0.5, 0.6) is 0 Å². The van der Waals surface area contributed by atoms with E-state index in [4.69, 9.17) is 28.5 Å². The molecular weight excluding hydrogens is 783 g/mol. The number of hydrogen-bond donors (Lipinski definition) is 3. The molecule has 0 radical (unpaired) electrons. The standard InChI is InChI=1S/C47H69N3O11/c1-6-8-10-23-46(24-11-9-7-2)59-39-36-27-47(44(55)48-25-22-37(52)49-33(29-51)19-21-38(53)58-45(3,4)5)41(43(54)57-36)50(61-42(47)40(39)60-46)28-32-16-13-30(14-17-32)12-15-31-18-20-34-35(26-31)56-34/h12-17,31,33-36,39-42,51H,6-11,18-29H2,1-5H3,(H,48,55)(H,49,52). The summed E-state index contributed by atoms with van der Waals surface area (Å²) in [6.45, 7) is 9.50. The van der Waals surface area contributed by atoms with E-state index in [9.17, 15) is 24.3 Å². The average Bonchev–Trinajstić information content (AvgIpc) is 3.77. The van der Waals surface area contributed by atoms with E-state index in [-0.39, 0.29) is 45.4 Å². The van der Waals surface area contributed by atoms with Crippen LogP contribution in [0.1, 0.15) is 142 Å². The van der Waals surface area contributed by atoms with E-state index in [1.807, 2.05) is 12.1 Å². The number of nitrogens with zero attached hydrogens (tertiary/aromatic N) is 1. The number of esters is 2. The Morgan fingerprint density at radius 3 is 2.36 bits per heavy atom. The molecule has 10 atom stereocenters. The van der Waals surface area contributed by atoms with Gasteiger partial charge in [0.2, 0.25) is 11.8 Å². The Morgan fingerprint density at radius 2 is 1.69 bits per heavy atom. The molecule has 3 N–H and O–H groups in total. The summed E-state index contributed by atoms with van der Waals surface area (Å²) in [6.07, 6.45) is 13.5. The summed E-state index contributed by atoms with van der Waals surface area (Å²) in [4.78, 5) is 61.1. The number of amides is 2. The van der Waals surface area contributed by atoms with Crippen molar-refractivity contribution in [1.82, 2.24) is 15.7 Å². The molecule has 4 heterocycles. The monoisotopic (exact) mass is 851 g/mol. The van der Waals surface area contributed by atoms with Crippen LogP contribution in [0.25, 0.3) is 6.08 Å². The second kappa shape index (κ2) is 19.6. The van der Waals surface area contributed by atoms with Gasteiger partial charge in [0.25, 0.3) is 0 Å². The zero-order valence-electron chi connectivity index (χ0n) is 36.9. The quantitative estimate of drug-likeness (QED) is 0.0771. The number of carbonyl (C=O) groups is 4. The minimum absolute atomic E-state index is 0.0245. The zero-order valence-corrected chi connectivity index (χ0v) is 36.9. The maximum atomic E-state index is 14.8. The third-order valence-electron chi connectivity index (χ3n) is 13.3. The number of benzene rings is 1. The predicted molar refractivity (Wildman–Crippen MR) is 225 cm³/mol. The second-order valence-electron chi connectivity index (χ2n) is 19.2. The Labute approximate surface area is 361 Å². The van der Waals surface area contributed by atoms with E-state index in [0.717, 1.165) is 68.9 Å². The largest absolute Gasteiger partial charge is 0.460 e. The molecule has 2 bridgehead atoms. The molecular formula is C47H69N3O11. The first-order chi connectivity index (χ1) is 29.3. The summed E-state index contributed by atoms with van der Waals surface area (Å²) in [5, 5.41) is 17.3. The molecule has 61 heavy (non-hydrogen) atoms. The van der Waals surface area contributed by atoms with E-state index in [1.54, 1.807) is 25.8 Å². The number of fused-ring (bicyclic) bond motifs is 5. The summed E-state index contributed by atoms with van der Waals surface area (Å²) in [7, 11) is 0. The molecule has 2 amide bonds. The molecule has 4 saturated heterocycles. The lowest BCUT2D eigenvalue weighted by Gasteiger charge is -2.48. The molecule has 2 aliphatic carbocycles. The van der Waals surface area contributed by atoms with E-state index in [1.165, 1.54) is 0 Å². The van der Waals surface area contributed by atoms with Crippen molar-refractivity contribution in [3.05, 3.63) is 41.5 Å². The van der Waals surface area contributed by atoms with Gasteiger partial charge in [0, 0.05) is 38.6 Å². The van der Waals surface area contributed by atoms with Crippen LogP contribution >= 0.6 is 0 Å². The molecule has 1 aromatic rings. The van der Waals surface area contributed by atoms with Gasteiger partial charge in [-0.05, 0) is 76.3 Å². The molecule has 14 nitrogen and oxygen atoms in total. The van der Waals surface area contributed by atoms with Crippen LogP contribution in [0.4, 0.5) is 0 Å². The van der Waals surface area contributed by atoms with Gasteiger partial charge in [0.15, 0.2) is 11.8 Å². The Hall–Kier alpha value is -3.40. The van der Waals surface area contributed by atoms with Gasteiger partial charge in [-0.15, -0.1) is 0 Å². The Balaban J connectivity index is 1.07. The van der Waals surface area contributed by atoms with Gasteiger partial charge < -0.3 is 39.4 Å². The molecule has 7 rings (SSSR count). The molecule has 0 aromatic heterocycles. The number of rotatable bonds is 21. The van der Waals surface area contributed by atoms with Crippen molar-refractivity contribution in [2.75, 3.05) is 13.2 Å². The number of unbranched alkanes of at least 4 members (excludes halogenated alkanes) is 4. The Kier molecular flexibility index (Phi) is 14.6. The molecule has 338 valence electrons. The summed E-state index contributed by atoms with van der Waals surface area (Å²) < 4.78 is 31.1.